The van der Waals surface area contributed by atoms with Crippen LogP contribution in [-0.2, 0) is 10.0 Å². The summed E-state index contributed by atoms with van der Waals surface area (Å²) in [5, 5.41) is 9.50. The van der Waals surface area contributed by atoms with Crippen LogP contribution in [0.3, 0.4) is 0 Å². The SMILES string of the molecule is CSc1ccc(NS(=O)(=O)c2ccc(C#N)cc2)cn1. The van der Waals surface area contributed by atoms with Crippen LogP contribution < -0.4 is 4.72 Å². The van der Waals surface area contributed by atoms with Crippen LogP contribution in [0.4, 0.5) is 5.69 Å². The van der Waals surface area contributed by atoms with E-state index in [1.807, 2.05) is 12.3 Å². The lowest BCUT2D eigenvalue weighted by Gasteiger charge is -2.08. The van der Waals surface area contributed by atoms with Crippen LogP contribution in [0.25, 0.3) is 0 Å². The molecule has 20 heavy (non-hydrogen) atoms. The van der Waals surface area contributed by atoms with E-state index in [0.29, 0.717) is 11.3 Å². The molecule has 102 valence electrons. The number of nitriles is 1. The second-order valence-electron chi connectivity index (χ2n) is 3.83. The topological polar surface area (TPSA) is 82.9 Å². The molecule has 0 bridgehead atoms. The van der Waals surface area contributed by atoms with Crippen molar-refractivity contribution in [3.63, 3.8) is 0 Å². The average Bonchev–Trinajstić information content (AvgIpc) is 2.48. The van der Waals surface area contributed by atoms with Gasteiger partial charge in [-0.05, 0) is 42.7 Å². The number of hydrogen-bond acceptors (Lipinski definition) is 5. The minimum atomic E-state index is -3.66. The lowest BCUT2D eigenvalue weighted by Crippen LogP contribution is -2.13. The van der Waals surface area contributed by atoms with Gasteiger partial charge in [0.05, 0.1) is 33.4 Å². The molecule has 0 saturated carbocycles. The monoisotopic (exact) mass is 305 g/mol. The average molecular weight is 305 g/mol. The van der Waals surface area contributed by atoms with E-state index in [1.165, 1.54) is 42.2 Å². The van der Waals surface area contributed by atoms with Crippen molar-refractivity contribution in [1.82, 2.24) is 4.98 Å². The van der Waals surface area contributed by atoms with Gasteiger partial charge in [-0.1, -0.05) is 0 Å². The molecular formula is C13H11N3O2S2. The first-order chi connectivity index (χ1) is 9.55. The van der Waals surface area contributed by atoms with Crippen molar-refractivity contribution in [3.8, 4) is 6.07 Å². The van der Waals surface area contributed by atoms with Gasteiger partial charge in [-0.25, -0.2) is 13.4 Å². The number of rotatable bonds is 4. The van der Waals surface area contributed by atoms with Gasteiger partial charge in [-0.2, -0.15) is 5.26 Å². The molecule has 0 amide bonds. The van der Waals surface area contributed by atoms with Crippen molar-refractivity contribution in [2.24, 2.45) is 0 Å². The quantitative estimate of drug-likeness (QED) is 0.877. The Labute approximate surface area is 121 Å². The molecule has 1 N–H and O–H groups in total. The van der Waals surface area contributed by atoms with Crippen LogP contribution in [0.1, 0.15) is 5.56 Å². The molecule has 0 aliphatic carbocycles. The number of nitrogens with zero attached hydrogens (tertiary/aromatic N) is 2. The van der Waals surface area contributed by atoms with Gasteiger partial charge in [-0.3, -0.25) is 4.72 Å². The highest BCUT2D eigenvalue weighted by Gasteiger charge is 2.14. The summed E-state index contributed by atoms with van der Waals surface area (Å²) in [7, 11) is -3.66. The lowest BCUT2D eigenvalue weighted by molar-refractivity contribution is 0.601. The fourth-order valence-corrected chi connectivity index (χ4v) is 2.89. The summed E-state index contributed by atoms with van der Waals surface area (Å²) in [5.74, 6) is 0. The van der Waals surface area contributed by atoms with Gasteiger partial charge >= 0.3 is 0 Å². The van der Waals surface area contributed by atoms with Crippen LogP contribution in [0.15, 0.2) is 52.5 Å². The number of hydrogen-bond donors (Lipinski definition) is 1. The molecule has 0 unspecified atom stereocenters. The Morgan fingerprint density at radius 3 is 2.40 bits per heavy atom. The summed E-state index contributed by atoms with van der Waals surface area (Å²) >= 11 is 1.48. The van der Waals surface area contributed by atoms with Gasteiger partial charge in [0.2, 0.25) is 0 Å². The van der Waals surface area contributed by atoms with Crippen molar-refractivity contribution >= 4 is 27.5 Å². The lowest BCUT2D eigenvalue weighted by atomic mass is 10.2. The van der Waals surface area contributed by atoms with E-state index in [0.717, 1.165) is 5.03 Å². The smallest absolute Gasteiger partial charge is 0.261 e. The van der Waals surface area contributed by atoms with Gasteiger partial charge in [0.1, 0.15) is 0 Å². The Kier molecular flexibility index (Phi) is 4.27. The van der Waals surface area contributed by atoms with Crippen LogP contribution in [0, 0.1) is 11.3 Å². The largest absolute Gasteiger partial charge is 0.278 e. The molecule has 1 aromatic carbocycles. The first-order valence-electron chi connectivity index (χ1n) is 5.58. The molecule has 0 spiro atoms. The van der Waals surface area contributed by atoms with Crippen molar-refractivity contribution in [1.29, 1.82) is 5.26 Å². The van der Waals surface area contributed by atoms with Crippen LogP contribution in [-0.4, -0.2) is 19.7 Å². The highest BCUT2D eigenvalue weighted by molar-refractivity contribution is 7.98. The fraction of sp³-hybridized carbons (Fsp3) is 0.0769. The Bertz CT molecular complexity index is 733. The third kappa shape index (κ3) is 3.29. The Balaban J connectivity index is 2.23. The number of nitrogens with one attached hydrogen (secondary N) is 1. The standard InChI is InChI=1S/C13H11N3O2S2/c1-19-13-7-4-11(9-15-13)16-20(17,18)12-5-2-10(8-14)3-6-12/h2-7,9,16H,1H3. The Morgan fingerprint density at radius 2 is 1.90 bits per heavy atom. The van der Waals surface area contributed by atoms with E-state index < -0.39 is 10.0 Å². The normalized spacial score (nSPS) is 10.8. The number of aromatic nitrogens is 1. The second kappa shape index (κ2) is 5.94. The van der Waals surface area contributed by atoms with E-state index in [2.05, 4.69) is 9.71 Å². The van der Waals surface area contributed by atoms with E-state index in [-0.39, 0.29) is 4.90 Å². The zero-order valence-corrected chi connectivity index (χ0v) is 12.2. The first kappa shape index (κ1) is 14.4. The maximum absolute atomic E-state index is 12.1. The third-order valence-corrected chi connectivity index (χ3v) is 4.55. The summed E-state index contributed by atoms with van der Waals surface area (Å²) in [4.78, 5) is 4.20. The van der Waals surface area contributed by atoms with Gasteiger partial charge in [0.15, 0.2) is 0 Å². The Morgan fingerprint density at radius 1 is 1.20 bits per heavy atom. The molecular weight excluding hydrogens is 294 g/mol. The molecule has 0 fully saturated rings. The third-order valence-electron chi connectivity index (χ3n) is 2.49. The molecule has 2 rings (SSSR count). The molecule has 1 heterocycles. The summed E-state index contributed by atoms with van der Waals surface area (Å²) in [6.07, 6.45) is 3.36. The summed E-state index contributed by atoms with van der Waals surface area (Å²) < 4.78 is 26.7. The molecule has 2 aromatic rings. The number of thioether (sulfide) groups is 1. The summed E-state index contributed by atoms with van der Waals surface area (Å²) in [6.45, 7) is 0. The van der Waals surface area contributed by atoms with Gasteiger partial charge < -0.3 is 0 Å². The molecule has 7 heteroatoms. The predicted octanol–water partition coefficient (Wildman–Crippen LogP) is 2.48. The van der Waals surface area contributed by atoms with Crippen molar-refractivity contribution in [3.05, 3.63) is 48.2 Å². The molecule has 0 saturated heterocycles. The number of benzene rings is 1. The molecule has 1 aromatic heterocycles. The van der Waals surface area contributed by atoms with Crippen molar-refractivity contribution in [2.75, 3.05) is 11.0 Å². The summed E-state index contributed by atoms with van der Waals surface area (Å²) in [6, 6.07) is 11.0. The first-order valence-corrected chi connectivity index (χ1v) is 8.29. The van der Waals surface area contributed by atoms with E-state index >= 15 is 0 Å². The van der Waals surface area contributed by atoms with Crippen LogP contribution >= 0.6 is 11.8 Å². The van der Waals surface area contributed by atoms with E-state index in [1.54, 1.807) is 12.1 Å². The van der Waals surface area contributed by atoms with Gasteiger partial charge in [-0.15, -0.1) is 11.8 Å². The maximum atomic E-state index is 12.1. The minimum absolute atomic E-state index is 0.102. The molecule has 0 atom stereocenters. The van der Waals surface area contributed by atoms with Gasteiger partial charge in [0, 0.05) is 0 Å². The molecule has 0 aliphatic heterocycles. The molecule has 0 aliphatic rings. The number of pyridine rings is 1. The number of sulfonamides is 1. The minimum Gasteiger partial charge on any atom is -0.278 e. The zero-order valence-electron chi connectivity index (χ0n) is 10.6. The fourth-order valence-electron chi connectivity index (χ4n) is 1.48. The van der Waals surface area contributed by atoms with Crippen LogP contribution in [0.2, 0.25) is 0 Å². The van der Waals surface area contributed by atoms with Crippen LogP contribution in [0.5, 0.6) is 0 Å². The highest BCUT2D eigenvalue weighted by atomic mass is 32.2. The Hall–Kier alpha value is -2.04. The van der Waals surface area contributed by atoms with E-state index in [9.17, 15) is 8.42 Å². The zero-order chi connectivity index (χ0) is 14.6. The second-order valence-corrected chi connectivity index (χ2v) is 6.34. The predicted molar refractivity (Wildman–Crippen MR) is 78.0 cm³/mol. The van der Waals surface area contributed by atoms with Gasteiger partial charge in [0.25, 0.3) is 10.0 Å². The summed E-state index contributed by atoms with van der Waals surface area (Å²) in [5.41, 5.74) is 0.807. The molecule has 0 radical (unpaired) electrons. The van der Waals surface area contributed by atoms with Crippen molar-refractivity contribution in [2.45, 2.75) is 9.92 Å². The highest BCUT2D eigenvalue weighted by Crippen LogP contribution is 2.18. The number of anilines is 1. The van der Waals surface area contributed by atoms with Crippen molar-refractivity contribution < 1.29 is 8.42 Å². The molecule has 5 nitrogen and oxygen atoms in total. The van der Waals surface area contributed by atoms with E-state index in [4.69, 9.17) is 5.26 Å². The maximum Gasteiger partial charge on any atom is 0.261 e.